The highest BCUT2D eigenvalue weighted by atomic mass is 79.9. The van der Waals surface area contributed by atoms with E-state index in [-0.39, 0.29) is 5.56 Å². The van der Waals surface area contributed by atoms with Gasteiger partial charge in [-0.1, -0.05) is 0 Å². The quantitative estimate of drug-likeness (QED) is 0.873. The number of halogens is 1. The lowest BCUT2D eigenvalue weighted by molar-refractivity contribution is -0.138. The van der Waals surface area contributed by atoms with Crippen LogP contribution in [-0.4, -0.2) is 31.4 Å². The fourth-order valence-corrected chi connectivity index (χ4v) is 2.36. The van der Waals surface area contributed by atoms with Crippen molar-refractivity contribution in [3.05, 3.63) is 16.1 Å². The second-order valence-corrected chi connectivity index (χ2v) is 4.50. The zero-order valence-corrected chi connectivity index (χ0v) is 11.2. The number of carboxylic acids is 1. The van der Waals surface area contributed by atoms with Crippen molar-refractivity contribution >= 4 is 21.9 Å². The molecule has 0 aliphatic carbocycles. The molecule has 0 amide bonds. The van der Waals surface area contributed by atoms with Crippen LogP contribution in [0, 0.1) is 0 Å². The summed E-state index contributed by atoms with van der Waals surface area (Å²) >= 11 is 3.29. The van der Waals surface area contributed by atoms with E-state index in [0.717, 1.165) is 0 Å². The SMILES string of the molecule is COc1c(Br)cc2c(c1C(N)C(=O)O)OCCO2. The van der Waals surface area contributed by atoms with Crippen molar-refractivity contribution < 1.29 is 24.1 Å². The van der Waals surface area contributed by atoms with E-state index in [1.807, 2.05) is 0 Å². The Kier molecular flexibility index (Phi) is 3.63. The summed E-state index contributed by atoms with van der Waals surface area (Å²) in [6.07, 6.45) is 0. The van der Waals surface area contributed by atoms with Crippen LogP contribution in [0.5, 0.6) is 17.2 Å². The highest BCUT2D eigenvalue weighted by Gasteiger charge is 2.30. The standard InChI is InChI=1S/C11H12BrNO5/c1-16-9-5(12)4-6-10(18-3-2-17-6)7(9)8(13)11(14)15/h4,8H,2-3,13H2,1H3,(H,14,15). The Morgan fingerprint density at radius 3 is 2.83 bits per heavy atom. The third kappa shape index (κ3) is 2.11. The molecule has 0 saturated carbocycles. The molecule has 0 radical (unpaired) electrons. The van der Waals surface area contributed by atoms with Gasteiger partial charge in [-0.15, -0.1) is 0 Å². The first-order valence-corrected chi connectivity index (χ1v) is 6.00. The molecule has 0 aromatic heterocycles. The number of carboxylic acid groups (broad SMARTS) is 1. The summed E-state index contributed by atoms with van der Waals surface area (Å²) in [6.45, 7) is 0.755. The lowest BCUT2D eigenvalue weighted by atomic mass is 10.0. The van der Waals surface area contributed by atoms with Crippen LogP contribution in [0.3, 0.4) is 0 Å². The first-order valence-electron chi connectivity index (χ1n) is 5.20. The fourth-order valence-electron chi connectivity index (χ4n) is 1.78. The molecule has 18 heavy (non-hydrogen) atoms. The third-order valence-electron chi connectivity index (χ3n) is 2.56. The summed E-state index contributed by atoms with van der Waals surface area (Å²) in [6, 6.07) is 0.429. The van der Waals surface area contributed by atoms with Gasteiger partial charge in [0.25, 0.3) is 0 Å². The first-order chi connectivity index (χ1) is 8.56. The number of hydrogen-bond acceptors (Lipinski definition) is 5. The molecule has 6 nitrogen and oxygen atoms in total. The van der Waals surface area contributed by atoms with E-state index in [9.17, 15) is 4.79 Å². The van der Waals surface area contributed by atoms with E-state index in [2.05, 4.69) is 15.9 Å². The topological polar surface area (TPSA) is 91.0 Å². The maximum absolute atomic E-state index is 11.1. The zero-order chi connectivity index (χ0) is 13.3. The predicted molar refractivity (Wildman–Crippen MR) is 66.2 cm³/mol. The average Bonchev–Trinajstić information content (AvgIpc) is 2.36. The van der Waals surface area contributed by atoms with Gasteiger partial charge in [-0.3, -0.25) is 4.79 Å². The normalized spacial score (nSPS) is 15.1. The van der Waals surface area contributed by atoms with Gasteiger partial charge < -0.3 is 25.1 Å². The number of methoxy groups -OCH3 is 1. The van der Waals surface area contributed by atoms with Gasteiger partial charge in [0.2, 0.25) is 0 Å². The van der Waals surface area contributed by atoms with Crippen LogP contribution in [-0.2, 0) is 4.79 Å². The van der Waals surface area contributed by atoms with Crippen molar-refractivity contribution in [2.75, 3.05) is 20.3 Å². The van der Waals surface area contributed by atoms with E-state index in [1.54, 1.807) is 6.07 Å². The minimum absolute atomic E-state index is 0.272. The van der Waals surface area contributed by atoms with Gasteiger partial charge in [-0.25, -0.2) is 0 Å². The first kappa shape index (κ1) is 13.0. The number of carbonyl (C=O) groups is 1. The second kappa shape index (κ2) is 5.03. The molecule has 0 fully saturated rings. The summed E-state index contributed by atoms with van der Waals surface area (Å²) in [5.41, 5.74) is 5.94. The number of benzene rings is 1. The number of aliphatic carboxylic acids is 1. The summed E-state index contributed by atoms with van der Waals surface area (Å²) in [5, 5.41) is 9.06. The molecular weight excluding hydrogens is 306 g/mol. The molecule has 98 valence electrons. The molecule has 2 rings (SSSR count). The van der Waals surface area contributed by atoms with Crippen molar-refractivity contribution in [3.63, 3.8) is 0 Å². The maximum Gasteiger partial charge on any atom is 0.325 e. The number of fused-ring (bicyclic) bond motifs is 1. The molecule has 0 saturated heterocycles. The Hall–Kier alpha value is -1.47. The van der Waals surface area contributed by atoms with E-state index >= 15 is 0 Å². The summed E-state index contributed by atoms with van der Waals surface area (Å²) in [7, 11) is 1.44. The van der Waals surface area contributed by atoms with E-state index in [0.29, 0.717) is 34.9 Å². The molecule has 1 aliphatic heterocycles. The summed E-state index contributed by atoms with van der Waals surface area (Å²) in [5.74, 6) is -0.0336. The van der Waals surface area contributed by atoms with Gasteiger partial charge in [0, 0.05) is 6.07 Å². The third-order valence-corrected chi connectivity index (χ3v) is 3.15. The van der Waals surface area contributed by atoms with Crippen molar-refractivity contribution in [3.8, 4) is 17.2 Å². The molecule has 1 aliphatic rings. The fraction of sp³-hybridized carbons (Fsp3) is 0.364. The Bertz CT molecular complexity index is 491. The van der Waals surface area contributed by atoms with Gasteiger partial charge in [0.05, 0.1) is 17.1 Å². The molecule has 1 aromatic rings. The summed E-state index contributed by atoms with van der Waals surface area (Å²) in [4.78, 5) is 11.1. The van der Waals surface area contributed by atoms with Crippen LogP contribution < -0.4 is 19.9 Å². The Morgan fingerprint density at radius 2 is 2.22 bits per heavy atom. The van der Waals surface area contributed by atoms with Gasteiger partial charge in [-0.05, 0) is 15.9 Å². The molecule has 3 N–H and O–H groups in total. The van der Waals surface area contributed by atoms with Crippen molar-refractivity contribution in [1.82, 2.24) is 0 Å². The monoisotopic (exact) mass is 317 g/mol. The van der Waals surface area contributed by atoms with Crippen LogP contribution >= 0.6 is 15.9 Å². The maximum atomic E-state index is 11.1. The number of hydrogen-bond donors (Lipinski definition) is 2. The van der Waals surface area contributed by atoms with Crippen LogP contribution in [0.1, 0.15) is 11.6 Å². The minimum atomic E-state index is -1.24. The molecule has 0 bridgehead atoms. The number of ether oxygens (including phenoxy) is 3. The molecule has 0 spiro atoms. The lowest BCUT2D eigenvalue weighted by Crippen LogP contribution is -2.25. The van der Waals surface area contributed by atoms with Crippen molar-refractivity contribution in [2.24, 2.45) is 5.73 Å². The van der Waals surface area contributed by atoms with E-state index < -0.39 is 12.0 Å². The molecule has 1 heterocycles. The van der Waals surface area contributed by atoms with Crippen LogP contribution in [0.4, 0.5) is 0 Å². The lowest BCUT2D eigenvalue weighted by Gasteiger charge is -2.24. The Balaban J connectivity index is 2.65. The highest BCUT2D eigenvalue weighted by Crippen LogP contribution is 2.46. The smallest absolute Gasteiger partial charge is 0.325 e. The average molecular weight is 318 g/mol. The molecule has 1 unspecified atom stereocenters. The molecule has 1 aromatic carbocycles. The predicted octanol–water partition coefficient (Wildman–Crippen LogP) is 1.31. The number of nitrogens with two attached hydrogens (primary N) is 1. The van der Waals surface area contributed by atoms with Crippen molar-refractivity contribution in [1.29, 1.82) is 0 Å². The Labute approximate surface area is 112 Å². The molecule has 1 atom stereocenters. The van der Waals surface area contributed by atoms with Crippen LogP contribution in [0.25, 0.3) is 0 Å². The largest absolute Gasteiger partial charge is 0.495 e. The van der Waals surface area contributed by atoms with Crippen LogP contribution in [0.2, 0.25) is 0 Å². The van der Waals surface area contributed by atoms with Gasteiger partial charge in [0.1, 0.15) is 25.0 Å². The minimum Gasteiger partial charge on any atom is -0.495 e. The van der Waals surface area contributed by atoms with Crippen molar-refractivity contribution in [2.45, 2.75) is 6.04 Å². The summed E-state index contributed by atoms with van der Waals surface area (Å²) < 4.78 is 16.6. The van der Waals surface area contributed by atoms with Gasteiger partial charge >= 0.3 is 5.97 Å². The van der Waals surface area contributed by atoms with Crippen LogP contribution in [0.15, 0.2) is 10.5 Å². The van der Waals surface area contributed by atoms with E-state index in [1.165, 1.54) is 7.11 Å². The molecular formula is C11H12BrNO5. The van der Waals surface area contributed by atoms with E-state index in [4.69, 9.17) is 25.1 Å². The van der Waals surface area contributed by atoms with Gasteiger partial charge in [-0.2, -0.15) is 0 Å². The van der Waals surface area contributed by atoms with Gasteiger partial charge in [0.15, 0.2) is 11.5 Å². The molecule has 7 heteroatoms. The number of rotatable bonds is 3. The zero-order valence-electron chi connectivity index (χ0n) is 9.60. The second-order valence-electron chi connectivity index (χ2n) is 3.65. The Morgan fingerprint density at radius 1 is 1.56 bits per heavy atom. The highest BCUT2D eigenvalue weighted by molar-refractivity contribution is 9.10.